The molecule has 0 N–H and O–H groups in total. The average Bonchev–Trinajstić information content (AvgIpc) is 3.52. The van der Waals surface area contributed by atoms with Crippen LogP contribution < -0.4 is 4.74 Å². The third-order valence-electron chi connectivity index (χ3n) is 7.18. The van der Waals surface area contributed by atoms with Crippen molar-refractivity contribution < 1.29 is 28.3 Å². The first-order valence-corrected chi connectivity index (χ1v) is 11.8. The van der Waals surface area contributed by atoms with Crippen molar-refractivity contribution in [2.75, 3.05) is 13.7 Å². The van der Waals surface area contributed by atoms with E-state index in [1.807, 2.05) is 24.3 Å². The summed E-state index contributed by atoms with van der Waals surface area (Å²) in [6, 6.07) is 10.6. The van der Waals surface area contributed by atoms with Crippen LogP contribution in [0.25, 0.3) is 0 Å². The van der Waals surface area contributed by atoms with Crippen molar-refractivity contribution in [1.29, 1.82) is 0 Å². The van der Waals surface area contributed by atoms with E-state index in [0.717, 1.165) is 36.3 Å². The zero-order chi connectivity index (χ0) is 23.7. The van der Waals surface area contributed by atoms with Gasteiger partial charge in [-0.05, 0) is 67.6 Å². The first-order chi connectivity index (χ1) is 16.5. The molecule has 0 saturated heterocycles. The van der Waals surface area contributed by atoms with E-state index in [0.29, 0.717) is 30.8 Å². The van der Waals surface area contributed by atoms with Crippen LogP contribution in [-0.4, -0.2) is 42.1 Å². The second kappa shape index (κ2) is 9.44. The number of nitrogens with zero attached hydrogens (tertiary/aromatic N) is 2. The molecule has 0 radical (unpaired) electrons. The summed E-state index contributed by atoms with van der Waals surface area (Å²) in [5.74, 6) is 0.433. The highest BCUT2D eigenvalue weighted by Gasteiger charge is 2.42. The molecule has 8 heteroatoms. The lowest BCUT2D eigenvalue weighted by Gasteiger charge is -2.36. The Hall–Kier alpha value is -3.42. The second-order valence-corrected chi connectivity index (χ2v) is 9.25. The van der Waals surface area contributed by atoms with E-state index in [2.05, 4.69) is 5.10 Å². The van der Waals surface area contributed by atoms with Crippen molar-refractivity contribution in [2.24, 2.45) is 22.9 Å². The number of Topliss-reactive ketones (excluding diaryl/α,β-unsaturated/α-hetero) is 1. The lowest BCUT2D eigenvalue weighted by atomic mass is 9.67. The van der Waals surface area contributed by atoms with Gasteiger partial charge in [0, 0.05) is 18.3 Å². The van der Waals surface area contributed by atoms with Gasteiger partial charge in [-0.2, -0.15) is 5.10 Å². The first-order valence-electron chi connectivity index (χ1n) is 11.8. The average molecular weight is 465 g/mol. The molecular weight excluding hydrogens is 436 g/mol. The van der Waals surface area contributed by atoms with Gasteiger partial charge in [-0.3, -0.25) is 14.4 Å². The van der Waals surface area contributed by atoms with Crippen molar-refractivity contribution in [3.05, 3.63) is 54.0 Å². The third-order valence-corrected chi connectivity index (χ3v) is 7.18. The minimum absolute atomic E-state index is 0.0423. The lowest BCUT2D eigenvalue weighted by Crippen LogP contribution is -2.40. The minimum atomic E-state index is -0.412. The molecule has 3 aliphatic rings. The molecule has 8 nitrogen and oxygen atoms in total. The number of ketones is 1. The van der Waals surface area contributed by atoms with E-state index in [1.54, 1.807) is 25.5 Å². The molecule has 1 aromatic carbocycles. The lowest BCUT2D eigenvalue weighted by molar-refractivity contribution is -0.159. The number of esters is 1. The van der Waals surface area contributed by atoms with Gasteiger partial charge in [0.1, 0.15) is 23.3 Å². The molecule has 34 heavy (non-hydrogen) atoms. The zero-order valence-electron chi connectivity index (χ0n) is 19.1. The standard InChI is InChI=1S/C26H28N2O6/c1-32-20-9-7-16(8-10-20)21-14-22(23-6-3-11-33-23)28(27-21)24(29)15-34-26(31)19-12-17-4-2-5-18(13-19)25(17)30/h3,6-11,17-19,22H,2,4-5,12-15H2,1H3/t17-,18-,22-/m0/s1. The number of ether oxygens (including phenoxy) is 2. The minimum Gasteiger partial charge on any atom is -0.497 e. The van der Waals surface area contributed by atoms with E-state index < -0.39 is 24.5 Å². The molecule has 1 amide bonds. The summed E-state index contributed by atoms with van der Waals surface area (Å²) in [6.45, 7) is -0.394. The van der Waals surface area contributed by atoms with Crippen molar-refractivity contribution in [1.82, 2.24) is 5.01 Å². The van der Waals surface area contributed by atoms with Crippen LogP contribution in [0.4, 0.5) is 0 Å². The van der Waals surface area contributed by atoms with Crippen molar-refractivity contribution in [2.45, 2.75) is 44.6 Å². The summed E-state index contributed by atoms with van der Waals surface area (Å²) >= 11 is 0. The molecule has 0 unspecified atom stereocenters. The number of hydrazone groups is 1. The molecule has 2 saturated carbocycles. The van der Waals surface area contributed by atoms with E-state index >= 15 is 0 Å². The summed E-state index contributed by atoms with van der Waals surface area (Å²) in [5, 5.41) is 5.91. The predicted octanol–water partition coefficient (Wildman–Crippen LogP) is 3.90. The molecule has 2 aromatic rings. The largest absolute Gasteiger partial charge is 0.497 e. The number of carbonyl (C=O) groups is 3. The number of fused-ring (bicyclic) bond motifs is 2. The van der Waals surface area contributed by atoms with Crippen LogP contribution in [0.1, 0.15) is 55.9 Å². The number of furan rings is 1. The summed E-state index contributed by atoms with van der Waals surface area (Å²) in [7, 11) is 1.61. The Morgan fingerprint density at radius 1 is 1.12 bits per heavy atom. The molecule has 178 valence electrons. The molecule has 0 spiro atoms. The van der Waals surface area contributed by atoms with Gasteiger partial charge in [-0.15, -0.1) is 0 Å². The van der Waals surface area contributed by atoms with Gasteiger partial charge in [0.15, 0.2) is 6.61 Å². The first kappa shape index (κ1) is 22.4. The van der Waals surface area contributed by atoms with E-state index in [9.17, 15) is 14.4 Å². The monoisotopic (exact) mass is 464 g/mol. The number of amides is 1. The molecule has 2 aliphatic carbocycles. The number of carbonyl (C=O) groups excluding carboxylic acids is 3. The number of rotatable bonds is 6. The Morgan fingerprint density at radius 2 is 1.85 bits per heavy atom. The Bertz CT molecular complexity index is 1080. The molecule has 1 aliphatic heterocycles. The highest BCUT2D eigenvalue weighted by Crippen LogP contribution is 2.40. The molecule has 2 bridgehead atoms. The van der Waals surface area contributed by atoms with E-state index in [-0.39, 0.29) is 17.8 Å². The molecule has 2 heterocycles. The maximum Gasteiger partial charge on any atom is 0.309 e. The van der Waals surface area contributed by atoms with Gasteiger partial charge in [0.2, 0.25) is 0 Å². The fourth-order valence-electron chi connectivity index (χ4n) is 5.39. The summed E-state index contributed by atoms with van der Waals surface area (Å²) in [5.41, 5.74) is 1.62. The normalized spacial score (nSPS) is 26.2. The molecule has 2 fully saturated rings. The summed E-state index contributed by atoms with van der Waals surface area (Å²) in [4.78, 5) is 38.1. The Morgan fingerprint density at radius 3 is 2.50 bits per heavy atom. The van der Waals surface area contributed by atoms with Gasteiger partial charge >= 0.3 is 5.97 Å². The van der Waals surface area contributed by atoms with Crippen molar-refractivity contribution in [3.63, 3.8) is 0 Å². The molecular formula is C26H28N2O6. The van der Waals surface area contributed by atoms with Crippen LogP contribution >= 0.6 is 0 Å². The van der Waals surface area contributed by atoms with Gasteiger partial charge in [0.25, 0.3) is 5.91 Å². The quantitative estimate of drug-likeness (QED) is 0.601. The zero-order valence-corrected chi connectivity index (χ0v) is 19.1. The fraction of sp³-hybridized carbons (Fsp3) is 0.462. The Kier molecular flexibility index (Phi) is 6.22. The Labute approximate surface area is 197 Å². The van der Waals surface area contributed by atoms with Gasteiger partial charge in [0.05, 0.1) is 25.0 Å². The van der Waals surface area contributed by atoms with E-state index in [1.165, 1.54) is 5.01 Å². The number of methoxy groups -OCH3 is 1. The fourth-order valence-corrected chi connectivity index (χ4v) is 5.39. The third kappa shape index (κ3) is 4.36. The number of benzene rings is 1. The predicted molar refractivity (Wildman–Crippen MR) is 122 cm³/mol. The van der Waals surface area contributed by atoms with Crippen LogP contribution in [0.5, 0.6) is 5.75 Å². The van der Waals surface area contributed by atoms with Crippen LogP contribution in [-0.2, 0) is 19.1 Å². The maximum absolute atomic E-state index is 13.1. The molecule has 1 aromatic heterocycles. The Balaban J connectivity index is 1.27. The smallest absolute Gasteiger partial charge is 0.309 e. The van der Waals surface area contributed by atoms with E-state index in [4.69, 9.17) is 13.9 Å². The second-order valence-electron chi connectivity index (χ2n) is 9.25. The van der Waals surface area contributed by atoms with Crippen LogP contribution in [0.15, 0.2) is 52.2 Å². The van der Waals surface area contributed by atoms with Gasteiger partial charge < -0.3 is 13.9 Å². The van der Waals surface area contributed by atoms with Crippen LogP contribution in [0.3, 0.4) is 0 Å². The van der Waals surface area contributed by atoms with Crippen molar-refractivity contribution in [3.8, 4) is 5.75 Å². The summed E-state index contributed by atoms with van der Waals surface area (Å²) < 4.78 is 16.2. The van der Waals surface area contributed by atoms with Crippen LogP contribution in [0, 0.1) is 17.8 Å². The van der Waals surface area contributed by atoms with Gasteiger partial charge in [-0.1, -0.05) is 6.42 Å². The molecule has 5 rings (SSSR count). The van der Waals surface area contributed by atoms with Crippen molar-refractivity contribution >= 4 is 23.4 Å². The highest BCUT2D eigenvalue weighted by atomic mass is 16.5. The molecule has 3 atom stereocenters. The number of hydrogen-bond donors (Lipinski definition) is 0. The highest BCUT2D eigenvalue weighted by molar-refractivity contribution is 6.03. The van der Waals surface area contributed by atoms with Crippen LogP contribution in [0.2, 0.25) is 0 Å². The topological polar surface area (TPSA) is 98.4 Å². The summed E-state index contributed by atoms with van der Waals surface area (Å²) in [6.07, 6.45) is 5.83. The maximum atomic E-state index is 13.1. The number of hydrogen-bond acceptors (Lipinski definition) is 7. The SMILES string of the molecule is COc1ccc(C2=NN(C(=O)COC(=O)C3C[C@@H]4CCC[C@@H](C3)C4=O)[C@H](c3ccco3)C2)cc1. The van der Waals surface area contributed by atoms with Gasteiger partial charge in [-0.25, -0.2) is 5.01 Å².